The molecule has 0 bridgehead atoms. The van der Waals surface area contributed by atoms with Crippen molar-refractivity contribution in [1.29, 1.82) is 0 Å². The molecule has 1 atom stereocenters. The maximum absolute atomic E-state index is 12.0. The first-order valence-electron chi connectivity index (χ1n) is 6.51. The molecule has 0 fully saturated rings. The van der Waals surface area contributed by atoms with Gasteiger partial charge in [0, 0.05) is 12.6 Å². The van der Waals surface area contributed by atoms with Crippen LogP contribution in [0.25, 0.3) is 0 Å². The number of rotatable bonds is 5. The Morgan fingerprint density at radius 1 is 1.25 bits per heavy atom. The van der Waals surface area contributed by atoms with Crippen LogP contribution in [0.5, 0.6) is 0 Å². The molecule has 1 heterocycles. The summed E-state index contributed by atoms with van der Waals surface area (Å²) in [5.74, 6) is -0.638. The van der Waals surface area contributed by atoms with Crippen LogP contribution in [-0.2, 0) is 16.0 Å². The van der Waals surface area contributed by atoms with E-state index in [4.69, 9.17) is 5.73 Å². The van der Waals surface area contributed by atoms with E-state index in [0.29, 0.717) is 12.2 Å². The number of carbonyl (C=O) groups excluding carboxylic acids is 2. The summed E-state index contributed by atoms with van der Waals surface area (Å²) in [4.78, 5) is 23.1. The highest BCUT2D eigenvalue weighted by molar-refractivity contribution is 5.92. The van der Waals surface area contributed by atoms with Crippen molar-refractivity contribution < 1.29 is 14.9 Å². The summed E-state index contributed by atoms with van der Waals surface area (Å²) >= 11 is 0. The zero-order valence-corrected chi connectivity index (χ0v) is 11.1. The molecular weight excluding hydrogens is 254 g/mol. The Morgan fingerprint density at radius 3 is 2.70 bits per heavy atom. The van der Waals surface area contributed by atoms with Crippen molar-refractivity contribution >= 4 is 11.8 Å². The van der Waals surface area contributed by atoms with Gasteiger partial charge < -0.3 is 11.1 Å². The van der Waals surface area contributed by atoms with Crippen LogP contribution in [0.2, 0.25) is 0 Å². The monoisotopic (exact) mass is 272 g/mol. The number of primary amides is 1. The molecule has 1 aliphatic heterocycles. The van der Waals surface area contributed by atoms with Gasteiger partial charge >= 0.3 is 5.91 Å². The summed E-state index contributed by atoms with van der Waals surface area (Å²) in [5.41, 5.74) is 6.87. The van der Waals surface area contributed by atoms with E-state index >= 15 is 0 Å². The molecule has 5 nitrogen and oxygen atoms in total. The molecule has 2 amide bonds. The zero-order chi connectivity index (χ0) is 14.4. The van der Waals surface area contributed by atoms with Crippen molar-refractivity contribution in [3.05, 3.63) is 59.8 Å². The first kappa shape index (κ1) is 14.0. The fourth-order valence-corrected chi connectivity index (χ4v) is 1.98. The highest BCUT2D eigenvalue weighted by Gasteiger charge is 2.24. The lowest BCUT2D eigenvalue weighted by Crippen LogP contribution is -2.92. The predicted molar refractivity (Wildman–Crippen MR) is 75.3 cm³/mol. The quantitative estimate of drug-likeness (QED) is 0.656. The van der Waals surface area contributed by atoms with Gasteiger partial charge in [0.2, 0.25) is 0 Å². The summed E-state index contributed by atoms with van der Waals surface area (Å²) in [5, 5.41) is 4.42. The van der Waals surface area contributed by atoms with Crippen LogP contribution in [0, 0.1) is 0 Å². The van der Waals surface area contributed by atoms with Gasteiger partial charge in [0.15, 0.2) is 11.7 Å². The number of carbonyl (C=O) groups is 2. The van der Waals surface area contributed by atoms with E-state index in [1.807, 2.05) is 30.3 Å². The fourth-order valence-electron chi connectivity index (χ4n) is 1.98. The van der Waals surface area contributed by atoms with E-state index in [1.165, 1.54) is 5.56 Å². The predicted octanol–water partition coefficient (Wildman–Crippen LogP) is -0.784. The number of amides is 2. The van der Waals surface area contributed by atoms with Gasteiger partial charge in [0.25, 0.3) is 5.91 Å². The van der Waals surface area contributed by atoms with Crippen molar-refractivity contribution in [3.8, 4) is 0 Å². The van der Waals surface area contributed by atoms with Gasteiger partial charge in [0.1, 0.15) is 0 Å². The van der Waals surface area contributed by atoms with Crippen LogP contribution in [0.15, 0.2) is 54.3 Å². The molecule has 0 radical (unpaired) electrons. The second kappa shape index (κ2) is 6.68. The van der Waals surface area contributed by atoms with E-state index in [1.54, 1.807) is 23.5 Å². The van der Waals surface area contributed by atoms with E-state index in [-0.39, 0.29) is 5.91 Å². The summed E-state index contributed by atoms with van der Waals surface area (Å²) < 4.78 is 0. The molecule has 0 aliphatic carbocycles. The lowest BCUT2D eigenvalue weighted by molar-refractivity contribution is -0.614. The van der Waals surface area contributed by atoms with Crippen LogP contribution >= 0.6 is 0 Å². The summed E-state index contributed by atoms with van der Waals surface area (Å²) in [6.45, 7) is 0.555. The van der Waals surface area contributed by atoms with Gasteiger partial charge in [-0.2, -0.15) is 0 Å². The summed E-state index contributed by atoms with van der Waals surface area (Å²) in [6.07, 6.45) is 5.80. The molecule has 20 heavy (non-hydrogen) atoms. The Bertz CT molecular complexity index is 549. The van der Waals surface area contributed by atoms with Crippen LogP contribution in [0.1, 0.15) is 5.56 Å². The van der Waals surface area contributed by atoms with Crippen molar-refractivity contribution in [1.82, 2.24) is 5.32 Å². The van der Waals surface area contributed by atoms with Crippen LogP contribution < -0.4 is 16.4 Å². The third-order valence-corrected chi connectivity index (χ3v) is 3.09. The van der Waals surface area contributed by atoms with E-state index in [2.05, 4.69) is 5.32 Å². The SMILES string of the molecule is NC(=O)C1C=CC=C(C(=O)NCCc2ccccc2)[NH2+]1. The number of nitrogens with two attached hydrogens (primary N) is 2. The van der Waals surface area contributed by atoms with Crippen molar-refractivity contribution in [2.45, 2.75) is 12.5 Å². The Morgan fingerprint density at radius 2 is 2.00 bits per heavy atom. The molecule has 0 spiro atoms. The van der Waals surface area contributed by atoms with Crippen molar-refractivity contribution in [2.75, 3.05) is 6.54 Å². The second-order valence-electron chi connectivity index (χ2n) is 4.59. The van der Waals surface area contributed by atoms with Crippen molar-refractivity contribution in [2.24, 2.45) is 5.73 Å². The molecule has 0 aromatic heterocycles. The van der Waals surface area contributed by atoms with Gasteiger partial charge in [-0.3, -0.25) is 14.9 Å². The number of hydrogen-bond acceptors (Lipinski definition) is 2. The average molecular weight is 272 g/mol. The highest BCUT2D eigenvalue weighted by atomic mass is 16.2. The Hall–Kier alpha value is -2.40. The zero-order valence-electron chi connectivity index (χ0n) is 11.1. The molecule has 5 N–H and O–H groups in total. The first-order valence-corrected chi connectivity index (χ1v) is 6.51. The summed E-state index contributed by atoms with van der Waals surface area (Å²) in [7, 11) is 0. The Balaban J connectivity index is 1.82. The first-order chi connectivity index (χ1) is 9.66. The maximum atomic E-state index is 12.0. The molecule has 1 unspecified atom stereocenters. The minimum absolute atomic E-state index is 0.184. The topological polar surface area (TPSA) is 88.8 Å². The molecule has 1 aliphatic rings. The molecule has 2 rings (SSSR count). The van der Waals surface area contributed by atoms with Crippen LogP contribution in [0.3, 0.4) is 0 Å². The molecule has 0 saturated heterocycles. The largest absolute Gasteiger partial charge is 0.364 e. The number of nitrogens with one attached hydrogen (secondary N) is 1. The van der Waals surface area contributed by atoms with Gasteiger partial charge in [-0.1, -0.05) is 36.4 Å². The number of allylic oxidation sites excluding steroid dienone is 2. The van der Waals surface area contributed by atoms with E-state index in [9.17, 15) is 9.59 Å². The average Bonchev–Trinajstić information content (AvgIpc) is 2.48. The molecule has 104 valence electrons. The Labute approximate surface area is 117 Å². The van der Waals surface area contributed by atoms with Crippen LogP contribution in [0.4, 0.5) is 0 Å². The normalized spacial score (nSPS) is 17.4. The molecular formula is C15H18N3O2+. The van der Waals surface area contributed by atoms with E-state index in [0.717, 1.165) is 6.42 Å². The summed E-state index contributed by atoms with van der Waals surface area (Å²) in [6, 6.07) is 9.43. The second-order valence-corrected chi connectivity index (χ2v) is 4.59. The smallest absolute Gasteiger partial charge is 0.305 e. The number of hydrogen-bond donors (Lipinski definition) is 3. The van der Waals surface area contributed by atoms with Gasteiger partial charge in [-0.05, 0) is 18.1 Å². The third kappa shape index (κ3) is 3.80. The highest BCUT2D eigenvalue weighted by Crippen LogP contribution is 1.99. The van der Waals surface area contributed by atoms with Gasteiger partial charge in [0.05, 0.1) is 0 Å². The van der Waals surface area contributed by atoms with Gasteiger partial charge in [-0.25, -0.2) is 0 Å². The Kier molecular flexibility index (Phi) is 4.68. The minimum atomic E-state index is -0.505. The lowest BCUT2D eigenvalue weighted by Gasteiger charge is -2.13. The number of quaternary nitrogens is 1. The minimum Gasteiger partial charge on any atom is -0.364 e. The van der Waals surface area contributed by atoms with E-state index < -0.39 is 11.9 Å². The molecule has 0 saturated carbocycles. The van der Waals surface area contributed by atoms with Crippen LogP contribution in [-0.4, -0.2) is 24.4 Å². The number of benzene rings is 1. The molecule has 5 heteroatoms. The fraction of sp³-hybridized carbons (Fsp3) is 0.200. The standard InChI is InChI=1S/C15H17N3O2/c16-14(19)12-7-4-8-13(18-12)15(20)17-10-9-11-5-2-1-3-6-11/h1-8,12,18H,9-10H2,(H2,16,19)(H,17,20)/p+1. The lowest BCUT2D eigenvalue weighted by atomic mass is 10.1. The van der Waals surface area contributed by atoms with Crippen molar-refractivity contribution in [3.63, 3.8) is 0 Å². The molecule has 1 aromatic carbocycles. The third-order valence-electron chi connectivity index (χ3n) is 3.09. The molecule has 1 aromatic rings. The maximum Gasteiger partial charge on any atom is 0.305 e. The van der Waals surface area contributed by atoms with Gasteiger partial charge in [-0.15, -0.1) is 0 Å².